The van der Waals surface area contributed by atoms with Gasteiger partial charge in [0.2, 0.25) is 5.91 Å². The highest BCUT2D eigenvalue weighted by atomic mass is 19.1. The minimum absolute atomic E-state index is 0.0747. The Morgan fingerprint density at radius 2 is 1.65 bits per heavy atom. The van der Waals surface area contributed by atoms with E-state index in [9.17, 15) is 23.6 Å². The highest BCUT2D eigenvalue weighted by molar-refractivity contribution is 6.22. The van der Waals surface area contributed by atoms with E-state index in [1.54, 1.807) is 6.07 Å². The summed E-state index contributed by atoms with van der Waals surface area (Å²) in [6.07, 6.45) is -0.524. The fourth-order valence-electron chi connectivity index (χ4n) is 3.03. The van der Waals surface area contributed by atoms with Crippen LogP contribution in [0.1, 0.15) is 16.8 Å². The molecule has 2 aromatic carbocycles. The Morgan fingerprint density at radius 3 is 2.16 bits per heavy atom. The lowest BCUT2D eigenvalue weighted by Crippen LogP contribution is -2.50. The molecule has 0 spiro atoms. The number of imide groups is 1. The second kappa shape index (κ2) is 8.69. The number of urea groups is 1. The van der Waals surface area contributed by atoms with Gasteiger partial charge in [-0.25, -0.2) is 19.1 Å². The van der Waals surface area contributed by atoms with Gasteiger partial charge in [-0.3, -0.25) is 19.8 Å². The van der Waals surface area contributed by atoms with Crippen LogP contribution in [-0.2, 0) is 9.59 Å². The first kappa shape index (κ1) is 21.6. The Morgan fingerprint density at radius 1 is 1.06 bits per heavy atom. The number of nitrogens with zero attached hydrogens (tertiary/aromatic N) is 2. The topological polar surface area (TPSA) is 131 Å². The van der Waals surface area contributed by atoms with Crippen LogP contribution in [0.15, 0.2) is 42.5 Å². The van der Waals surface area contributed by atoms with E-state index in [1.807, 2.05) is 0 Å². The molecular formula is C20H19FN4O6. The van der Waals surface area contributed by atoms with Gasteiger partial charge in [0.15, 0.2) is 0 Å². The van der Waals surface area contributed by atoms with E-state index in [-0.39, 0.29) is 11.3 Å². The summed E-state index contributed by atoms with van der Waals surface area (Å²) in [5.41, 5.74) is 7.71. The van der Waals surface area contributed by atoms with E-state index >= 15 is 0 Å². The van der Waals surface area contributed by atoms with Crippen molar-refractivity contribution in [1.82, 2.24) is 10.4 Å². The predicted molar refractivity (Wildman–Crippen MR) is 106 cm³/mol. The number of hydrogen-bond acceptors (Lipinski definition) is 6. The smallest absolute Gasteiger partial charge is 0.350 e. The van der Waals surface area contributed by atoms with Crippen molar-refractivity contribution < 1.29 is 33.0 Å². The van der Waals surface area contributed by atoms with Gasteiger partial charge in [0, 0.05) is 11.6 Å². The van der Waals surface area contributed by atoms with Gasteiger partial charge in [-0.1, -0.05) is 0 Å². The third kappa shape index (κ3) is 4.39. The lowest BCUT2D eigenvalue weighted by atomic mass is 10.1. The second-order valence-corrected chi connectivity index (χ2v) is 6.53. The highest BCUT2D eigenvalue weighted by Crippen LogP contribution is 2.27. The molecule has 1 unspecified atom stereocenters. The highest BCUT2D eigenvalue weighted by Gasteiger charge is 2.47. The maximum absolute atomic E-state index is 13.2. The molecular weight excluding hydrogens is 411 g/mol. The van der Waals surface area contributed by atoms with E-state index < -0.39 is 42.0 Å². The molecule has 162 valence electrons. The Labute approximate surface area is 176 Å². The third-order valence-electron chi connectivity index (χ3n) is 4.53. The van der Waals surface area contributed by atoms with Crippen molar-refractivity contribution in [3.05, 3.63) is 53.8 Å². The number of rotatable bonds is 7. The van der Waals surface area contributed by atoms with Crippen molar-refractivity contribution in [2.45, 2.75) is 12.5 Å². The van der Waals surface area contributed by atoms with Crippen LogP contribution in [0.3, 0.4) is 0 Å². The zero-order valence-electron chi connectivity index (χ0n) is 16.6. The van der Waals surface area contributed by atoms with Gasteiger partial charge in [0.05, 0.1) is 26.3 Å². The molecule has 1 heterocycles. The van der Waals surface area contributed by atoms with Crippen LogP contribution in [-0.4, -0.2) is 49.0 Å². The lowest BCUT2D eigenvalue weighted by molar-refractivity contribution is -0.125. The van der Waals surface area contributed by atoms with Gasteiger partial charge in [-0.05, 0) is 36.4 Å². The Hall–Kier alpha value is -4.15. The SMILES string of the molecule is COc1cc(OC)cc(C(=O)NN2C(=O)N(c3ccc(F)cc3)C(=O)C2CC(N)=O)c1. The number of nitrogens with one attached hydrogen (secondary N) is 1. The predicted octanol–water partition coefficient (Wildman–Crippen LogP) is 1.20. The molecule has 3 rings (SSSR count). The molecule has 3 N–H and O–H groups in total. The Bertz CT molecular complexity index is 1020. The van der Waals surface area contributed by atoms with E-state index in [0.29, 0.717) is 11.5 Å². The standard InChI is InChI=1S/C20H19FN4O6/c1-30-14-7-11(8-15(9-14)31-2)18(27)23-25-16(10-17(22)26)19(28)24(20(25)29)13-5-3-12(21)4-6-13/h3-9,16H,10H2,1-2H3,(H2,22,26)(H,23,27). The summed E-state index contributed by atoms with van der Waals surface area (Å²) in [6.45, 7) is 0. The first-order valence-corrected chi connectivity index (χ1v) is 9.00. The van der Waals surface area contributed by atoms with Crippen LogP contribution < -0.4 is 25.5 Å². The lowest BCUT2D eigenvalue weighted by Gasteiger charge is -2.22. The van der Waals surface area contributed by atoms with Crippen molar-refractivity contribution in [2.75, 3.05) is 19.1 Å². The van der Waals surface area contributed by atoms with Crippen molar-refractivity contribution in [3.63, 3.8) is 0 Å². The summed E-state index contributed by atoms with van der Waals surface area (Å²) < 4.78 is 23.5. The molecule has 2 aromatic rings. The number of methoxy groups -OCH3 is 2. The number of amides is 5. The van der Waals surface area contributed by atoms with E-state index in [1.165, 1.54) is 38.5 Å². The molecule has 1 atom stereocenters. The van der Waals surface area contributed by atoms with Gasteiger partial charge in [-0.2, -0.15) is 0 Å². The van der Waals surface area contributed by atoms with Crippen molar-refractivity contribution in [2.24, 2.45) is 5.73 Å². The van der Waals surface area contributed by atoms with Crippen LogP contribution in [0.4, 0.5) is 14.9 Å². The monoisotopic (exact) mass is 430 g/mol. The normalized spacial score (nSPS) is 15.8. The summed E-state index contributed by atoms with van der Waals surface area (Å²) in [5, 5.41) is 0.727. The van der Waals surface area contributed by atoms with Crippen LogP contribution >= 0.6 is 0 Å². The van der Waals surface area contributed by atoms with Gasteiger partial charge in [-0.15, -0.1) is 0 Å². The molecule has 1 fully saturated rings. The molecule has 1 aliphatic rings. The van der Waals surface area contributed by atoms with E-state index in [4.69, 9.17) is 15.2 Å². The van der Waals surface area contributed by atoms with Gasteiger partial charge in [0.25, 0.3) is 11.8 Å². The maximum atomic E-state index is 13.2. The molecule has 1 aliphatic heterocycles. The van der Waals surface area contributed by atoms with Gasteiger partial charge >= 0.3 is 6.03 Å². The summed E-state index contributed by atoms with van der Waals surface area (Å²) >= 11 is 0. The van der Waals surface area contributed by atoms with Crippen LogP contribution in [0.2, 0.25) is 0 Å². The molecule has 31 heavy (non-hydrogen) atoms. The summed E-state index contributed by atoms with van der Waals surface area (Å²) in [7, 11) is 2.81. The van der Waals surface area contributed by atoms with Gasteiger partial charge in [0.1, 0.15) is 23.4 Å². The quantitative estimate of drug-likeness (QED) is 0.635. The summed E-state index contributed by atoms with van der Waals surface area (Å²) in [6, 6.07) is 6.66. The first-order chi connectivity index (χ1) is 14.7. The third-order valence-corrected chi connectivity index (χ3v) is 4.53. The minimum Gasteiger partial charge on any atom is -0.497 e. The summed E-state index contributed by atoms with van der Waals surface area (Å²) in [5.74, 6) is -2.30. The first-order valence-electron chi connectivity index (χ1n) is 9.00. The Balaban J connectivity index is 1.93. The van der Waals surface area contributed by atoms with E-state index in [2.05, 4.69) is 5.43 Å². The summed E-state index contributed by atoms with van der Waals surface area (Å²) in [4.78, 5) is 50.8. The maximum Gasteiger partial charge on any atom is 0.350 e. The number of ether oxygens (including phenoxy) is 2. The number of hydrazine groups is 1. The molecule has 0 aliphatic carbocycles. The molecule has 0 radical (unpaired) electrons. The number of carbonyl (C=O) groups is 4. The van der Waals surface area contributed by atoms with Crippen molar-refractivity contribution >= 4 is 29.4 Å². The molecule has 5 amide bonds. The number of anilines is 1. The molecule has 1 saturated heterocycles. The number of halogens is 1. The zero-order chi connectivity index (χ0) is 22.7. The fourth-order valence-corrected chi connectivity index (χ4v) is 3.03. The molecule has 0 bridgehead atoms. The van der Waals surface area contributed by atoms with E-state index in [0.717, 1.165) is 22.0 Å². The molecule has 0 saturated carbocycles. The molecule has 10 nitrogen and oxygen atoms in total. The van der Waals surface area contributed by atoms with Crippen molar-refractivity contribution in [3.8, 4) is 11.5 Å². The average molecular weight is 430 g/mol. The number of primary amides is 1. The average Bonchev–Trinajstić information content (AvgIpc) is 2.97. The number of nitrogens with two attached hydrogens (primary N) is 1. The zero-order valence-corrected chi connectivity index (χ0v) is 16.6. The minimum atomic E-state index is -1.37. The number of hydrogen-bond donors (Lipinski definition) is 2. The second-order valence-electron chi connectivity index (χ2n) is 6.53. The van der Waals surface area contributed by atoms with Crippen molar-refractivity contribution in [1.29, 1.82) is 0 Å². The molecule has 0 aromatic heterocycles. The van der Waals surface area contributed by atoms with Gasteiger partial charge < -0.3 is 15.2 Å². The number of carbonyl (C=O) groups excluding carboxylic acids is 4. The fraction of sp³-hybridized carbons (Fsp3) is 0.200. The Kier molecular flexibility index (Phi) is 6.05. The largest absolute Gasteiger partial charge is 0.497 e. The molecule has 11 heteroatoms. The van der Waals surface area contributed by atoms with Crippen LogP contribution in [0, 0.1) is 5.82 Å². The van der Waals surface area contributed by atoms with Crippen LogP contribution in [0.5, 0.6) is 11.5 Å². The number of benzene rings is 2. The van der Waals surface area contributed by atoms with Crippen LogP contribution in [0.25, 0.3) is 0 Å².